The standard InChI is InChI=1S/C26H30N6O3/c1-34-14-15-35-25-29-23(27)22-24(30-25)32(26(33)28-22)17-19-6-10-21(11-7-19)20-8-4-18(5-9-20)16-31-12-2-3-13-31/h4-11H,2-3,12-17H2,1H3,(H,28,33)(H2,27,29,30). The molecule has 3 heterocycles. The summed E-state index contributed by atoms with van der Waals surface area (Å²) in [5.74, 6) is 0.168. The molecular weight excluding hydrogens is 444 g/mol. The molecule has 9 nitrogen and oxygen atoms in total. The number of aromatic amines is 1. The summed E-state index contributed by atoms with van der Waals surface area (Å²) in [4.78, 5) is 26.4. The van der Waals surface area contributed by atoms with E-state index in [1.165, 1.54) is 37.1 Å². The molecule has 0 atom stereocenters. The second kappa shape index (κ2) is 10.3. The number of likely N-dealkylation sites (tertiary alicyclic amines) is 1. The normalized spacial score (nSPS) is 14.1. The number of hydrogen-bond acceptors (Lipinski definition) is 7. The number of nitrogens with two attached hydrogens (primary N) is 1. The molecule has 1 aliphatic heterocycles. The van der Waals surface area contributed by atoms with E-state index in [1.807, 2.05) is 12.1 Å². The molecule has 2 aromatic heterocycles. The Bertz CT molecular complexity index is 1340. The maximum Gasteiger partial charge on any atom is 0.328 e. The van der Waals surface area contributed by atoms with Crippen LogP contribution >= 0.6 is 0 Å². The minimum atomic E-state index is -0.298. The third-order valence-corrected chi connectivity index (χ3v) is 6.34. The Labute approximate surface area is 203 Å². The molecule has 0 amide bonds. The molecule has 1 fully saturated rings. The summed E-state index contributed by atoms with van der Waals surface area (Å²) in [5, 5.41) is 0. The van der Waals surface area contributed by atoms with E-state index in [0.29, 0.717) is 24.3 Å². The van der Waals surface area contributed by atoms with E-state index >= 15 is 0 Å². The SMILES string of the molecule is COCCOc1nc(N)c2[nH]c(=O)n(Cc3ccc(-c4ccc(CN5CCCC5)cc4)cc3)c2n1. The predicted octanol–water partition coefficient (Wildman–Crippen LogP) is 3.04. The van der Waals surface area contributed by atoms with Crippen molar-refractivity contribution in [3.8, 4) is 17.1 Å². The van der Waals surface area contributed by atoms with E-state index in [2.05, 4.69) is 56.3 Å². The van der Waals surface area contributed by atoms with Crippen molar-refractivity contribution >= 4 is 17.0 Å². The van der Waals surface area contributed by atoms with Crippen LogP contribution in [0.25, 0.3) is 22.3 Å². The maximum absolute atomic E-state index is 12.6. The molecule has 182 valence electrons. The van der Waals surface area contributed by atoms with Crippen LogP contribution in [0.2, 0.25) is 0 Å². The van der Waals surface area contributed by atoms with Crippen LogP contribution in [0.15, 0.2) is 53.3 Å². The minimum absolute atomic E-state index is 0.114. The molecule has 4 aromatic rings. The van der Waals surface area contributed by atoms with Gasteiger partial charge < -0.3 is 20.2 Å². The molecular formula is C26H30N6O3. The molecule has 0 aliphatic carbocycles. The van der Waals surface area contributed by atoms with Crippen molar-refractivity contribution in [2.45, 2.75) is 25.9 Å². The number of imidazole rings is 1. The Kier molecular flexibility index (Phi) is 6.78. The largest absolute Gasteiger partial charge is 0.461 e. The summed E-state index contributed by atoms with van der Waals surface area (Å²) in [7, 11) is 1.58. The minimum Gasteiger partial charge on any atom is -0.461 e. The number of rotatable bonds is 9. The first-order valence-corrected chi connectivity index (χ1v) is 11.9. The summed E-state index contributed by atoms with van der Waals surface area (Å²) in [6.07, 6.45) is 2.61. The Morgan fingerprint density at radius 2 is 1.54 bits per heavy atom. The quantitative estimate of drug-likeness (QED) is 0.359. The zero-order chi connectivity index (χ0) is 24.2. The zero-order valence-electron chi connectivity index (χ0n) is 19.9. The summed E-state index contributed by atoms with van der Waals surface area (Å²) in [5.41, 5.74) is 11.2. The topological polar surface area (TPSA) is 111 Å². The van der Waals surface area contributed by atoms with Crippen molar-refractivity contribution in [3.63, 3.8) is 0 Å². The Balaban J connectivity index is 1.32. The number of fused-ring (bicyclic) bond motifs is 1. The second-order valence-electron chi connectivity index (χ2n) is 8.82. The van der Waals surface area contributed by atoms with Gasteiger partial charge >= 0.3 is 11.7 Å². The summed E-state index contributed by atoms with van der Waals surface area (Å²) in [6, 6.07) is 17.1. The van der Waals surface area contributed by atoms with Crippen LogP contribution in [0.4, 0.5) is 5.82 Å². The Morgan fingerprint density at radius 3 is 2.17 bits per heavy atom. The lowest BCUT2D eigenvalue weighted by Crippen LogP contribution is -2.18. The van der Waals surface area contributed by atoms with Crippen molar-refractivity contribution < 1.29 is 9.47 Å². The molecule has 3 N–H and O–H groups in total. The van der Waals surface area contributed by atoms with Crippen molar-refractivity contribution in [2.24, 2.45) is 0 Å². The van der Waals surface area contributed by atoms with Gasteiger partial charge in [0.05, 0.1) is 13.2 Å². The molecule has 0 bridgehead atoms. The van der Waals surface area contributed by atoms with Gasteiger partial charge in [-0.05, 0) is 48.2 Å². The molecule has 35 heavy (non-hydrogen) atoms. The van der Waals surface area contributed by atoms with Crippen molar-refractivity contribution in [1.29, 1.82) is 0 Å². The van der Waals surface area contributed by atoms with Crippen molar-refractivity contribution in [3.05, 3.63) is 70.1 Å². The van der Waals surface area contributed by atoms with Gasteiger partial charge in [0, 0.05) is 13.7 Å². The van der Waals surface area contributed by atoms with Crippen LogP contribution < -0.4 is 16.2 Å². The number of benzene rings is 2. The van der Waals surface area contributed by atoms with E-state index in [1.54, 1.807) is 11.7 Å². The highest BCUT2D eigenvalue weighted by Crippen LogP contribution is 2.23. The summed E-state index contributed by atoms with van der Waals surface area (Å²) >= 11 is 0. The third-order valence-electron chi connectivity index (χ3n) is 6.34. The molecule has 1 aliphatic rings. The number of methoxy groups -OCH3 is 1. The van der Waals surface area contributed by atoms with E-state index in [4.69, 9.17) is 15.2 Å². The molecule has 0 saturated carbocycles. The highest BCUT2D eigenvalue weighted by molar-refractivity contribution is 5.82. The van der Waals surface area contributed by atoms with E-state index < -0.39 is 0 Å². The second-order valence-corrected chi connectivity index (χ2v) is 8.82. The van der Waals surface area contributed by atoms with Crippen LogP contribution in [-0.2, 0) is 17.8 Å². The smallest absolute Gasteiger partial charge is 0.328 e. The highest BCUT2D eigenvalue weighted by atomic mass is 16.5. The first kappa shape index (κ1) is 23.1. The molecule has 0 spiro atoms. The molecule has 2 aromatic carbocycles. The average molecular weight is 475 g/mol. The van der Waals surface area contributed by atoms with Gasteiger partial charge in [0.1, 0.15) is 12.1 Å². The first-order valence-electron chi connectivity index (χ1n) is 11.9. The van der Waals surface area contributed by atoms with Crippen LogP contribution in [0.3, 0.4) is 0 Å². The van der Waals surface area contributed by atoms with E-state index in [-0.39, 0.29) is 24.1 Å². The van der Waals surface area contributed by atoms with Crippen LogP contribution in [0.1, 0.15) is 24.0 Å². The number of anilines is 1. The Hall–Kier alpha value is -3.69. The third kappa shape index (κ3) is 5.21. The molecule has 1 saturated heterocycles. The Morgan fingerprint density at radius 1 is 0.914 bits per heavy atom. The number of H-pyrrole nitrogens is 1. The van der Waals surface area contributed by atoms with Gasteiger partial charge in [-0.1, -0.05) is 48.5 Å². The fourth-order valence-corrected chi connectivity index (χ4v) is 4.45. The first-order chi connectivity index (χ1) is 17.1. The lowest BCUT2D eigenvalue weighted by Gasteiger charge is -2.14. The van der Waals surface area contributed by atoms with Gasteiger partial charge in [-0.3, -0.25) is 9.47 Å². The number of nitrogen functional groups attached to an aromatic ring is 1. The van der Waals surface area contributed by atoms with Gasteiger partial charge in [0.15, 0.2) is 11.5 Å². The summed E-state index contributed by atoms with van der Waals surface area (Å²) < 4.78 is 12.0. The van der Waals surface area contributed by atoms with Gasteiger partial charge in [-0.25, -0.2) is 4.79 Å². The lowest BCUT2D eigenvalue weighted by molar-refractivity contribution is 0.141. The van der Waals surface area contributed by atoms with Crippen LogP contribution in [0, 0.1) is 0 Å². The molecule has 0 radical (unpaired) electrons. The monoisotopic (exact) mass is 474 g/mol. The number of nitrogens with one attached hydrogen (secondary N) is 1. The van der Waals surface area contributed by atoms with Crippen LogP contribution in [0.5, 0.6) is 6.01 Å². The van der Waals surface area contributed by atoms with Crippen molar-refractivity contribution in [1.82, 2.24) is 24.4 Å². The van der Waals surface area contributed by atoms with E-state index in [9.17, 15) is 4.79 Å². The fraction of sp³-hybridized carbons (Fsp3) is 0.346. The van der Waals surface area contributed by atoms with Gasteiger partial charge in [-0.2, -0.15) is 9.97 Å². The number of aromatic nitrogens is 4. The zero-order valence-corrected chi connectivity index (χ0v) is 19.9. The van der Waals surface area contributed by atoms with Gasteiger partial charge in [-0.15, -0.1) is 0 Å². The van der Waals surface area contributed by atoms with Gasteiger partial charge in [0.25, 0.3) is 0 Å². The summed E-state index contributed by atoms with van der Waals surface area (Å²) in [6.45, 7) is 4.45. The predicted molar refractivity (Wildman–Crippen MR) is 135 cm³/mol. The highest BCUT2D eigenvalue weighted by Gasteiger charge is 2.15. The molecule has 5 rings (SSSR count). The average Bonchev–Trinajstić information content (AvgIpc) is 3.49. The number of nitrogens with zero attached hydrogens (tertiary/aromatic N) is 4. The van der Waals surface area contributed by atoms with Crippen LogP contribution in [-0.4, -0.2) is 57.8 Å². The lowest BCUT2D eigenvalue weighted by atomic mass is 10.0. The number of ether oxygens (including phenoxy) is 2. The molecule has 9 heteroatoms. The fourth-order valence-electron chi connectivity index (χ4n) is 4.45. The van der Waals surface area contributed by atoms with E-state index in [0.717, 1.165) is 17.7 Å². The van der Waals surface area contributed by atoms with Crippen molar-refractivity contribution in [2.75, 3.05) is 39.1 Å². The maximum atomic E-state index is 12.6. The molecule has 0 unspecified atom stereocenters. The van der Waals surface area contributed by atoms with Gasteiger partial charge in [0.2, 0.25) is 0 Å². The number of hydrogen-bond donors (Lipinski definition) is 2.